The topological polar surface area (TPSA) is 81.5 Å². The Morgan fingerprint density at radius 3 is 2.60 bits per heavy atom. The summed E-state index contributed by atoms with van der Waals surface area (Å²) in [5.74, 6) is 0.250. The number of carbonyl (C=O) groups excluding carboxylic acids is 1. The number of ketones is 1. The van der Waals surface area contributed by atoms with Crippen LogP contribution < -0.4 is 9.47 Å². The van der Waals surface area contributed by atoms with Crippen LogP contribution in [-0.2, 0) is 12.8 Å². The minimum absolute atomic E-state index is 0.0196. The smallest absolute Gasteiger partial charge is 0.220 e. The average molecular weight is 475 g/mol. The van der Waals surface area contributed by atoms with Crippen LogP contribution in [0.5, 0.6) is 23.1 Å². The number of nitrogens with zero attached hydrogens (tertiary/aromatic N) is 2. The Morgan fingerprint density at radius 1 is 1.06 bits per heavy atom. The van der Waals surface area contributed by atoms with Crippen molar-refractivity contribution in [1.82, 2.24) is 9.97 Å². The summed E-state index contributed by atoms with van der Waals surface area (Å²) in [4.78, 5) is 21.5. The molecular weight excluding hydrogens is 447 g/mol. The molecule has 7 heteroatoms. The maximum Gasteiger partial charge on any atom is 0.220 e. The number of methoxy groups -OCH3 is 1. The minimum atomic E-state index is -0.330. The number of ether oxygens (including phenoxy) is 2. The number of aromatic hydroxyl groups is 1. The molecule has 0 unspecified atom stereocenters. The fourth-order valence-electron chi connectivity index (χ4n) is 3.95. The molecule has 2 heterocycles. The van der Waals surface area contributed by atoms with Gasteiger partial charge in [0.25, 0.3) is 0 Å². The third-order valence-corrected chi connectivity index (χ3v) is 5.76. The molecule has 1 N–H and O–H groups in total. The van der Waals surface area contributed by atoms with Crippen molar-refractivity contribution in [3.8, 4) is 23.1 Å². The van der Waals surface area contributed by atoms with E-state index in [9.17, 15) is 14.3 Å². The van der Waals surface area contributed by atoms with Gasteiger partial charge in [-0.15, -0.1) is 0 Å². The van der Waals surface area contributed by atoms with Crippen molar-refractivity contribution in [2.75, 3.05) is 7.11 Å². The highest BCUT2D eigenvalue weighted by Gasteiger charge is 2.18. The number of aromatic nitrogens is 2. The molecule has 0 spiro atoms. The van der Waals surface area contributed by atoms with Crippen molar-refractivity contribution in [2.24, 2.45) is 0 Å². The quantitative estimate of drug-likeness (QED) is 0.211. The van der Waals surface area contributed by atoms with Gasteiger partial charge in [-0.05, 0) is 60.4 Å². The van der Waals surface area contributed by atoms with Gasteiger partial charge < -0.3 is 14.6 Å². The van der Waals surface area contributed by atoms with Gasteiger partial charge in [-0.1, -0.05) is 25.8 Å². The molecule has 0 amide bonds. The highest BCUT2D eigenvalue weighted by Crippen LogP contribution is 2.30. The van der Waals surface area contributed by atoms with Gasteiger partial charge in [0.05, 0.1) is 12.6 Å². The zero-order valence-corrected chi connectivity index (χ0v) is 19.8. The molecule has 4 rings (SSSR count). The summed E-state index contributed by atoms with van der Waals surface area (Å²) in [6.45, 7) is 2.15. The number of unbranched alkanes of at least 4 members (excludes halogenated alkanes) is 2. The number of benzene rings is 2. The molecule has 0 aliphatic heterocycles. The van der Waals surface area contributed by atoms with Gasteiger partial charge in [0.15, 0.2) is 23.0 Å². The summed E-state index contributed by atoms with van der Waals surface area (Å²) in [5.41, 5.74) is 2.58. The number of rotatable bonds is 10. The van der Waals surface area contributed by atoms with Gasteiger partial charge >= 0.3 is 0 Å². The Balaban J connectivity index is 1.65. The van der Waals surface area contributed by atoms with E-state index in [1.807, 2.05) is 24.3 Å². The molecule has 0 atom stereocenters. The van der Waals surface area contributed by atoms with Crippen molar-refractivity contribution >= 4 is 16.7 Å². The summed E-state index contributed by atoms with van der Waals surface area (Å²) >= 11 is 0. The molecule has 180 valence electrons. The van der Waals surface area contributed by atoms with E-state index in [-0.39, 0.29) is 35.2 Å². The number of fused-ring (bicyclic) bond motifs is 1. The van der Waals surface area contributed by atoms with Crippen molar-refractivity contribution in [1.29, 1.82) is 0 Å². The first-order chi connectivity index (χ1) is 17.0. The van der Waals surface area contributed by atoms with E-state index in [0.29, 0.717) is 11.6 Å². The van der Waals surface area contributed by atoms with Crippen molar-refractivity contribution in [2.45, 2.75) is 39.0 Å². The third-order valence-electron chi connectivity index (χ3n) is 5.76. The molecule has 0 aliphatic carbocycles. The molecule has 35 heavy (non-hydrogen) atoms. The minimum Gasteiger partial charge on any atom is -0.503 e. The zero-order chi connectivity index (χ0) is 24.8. The van der Waals surface area contributed by atoms with Gasteiger partial charge in [0.1, 0.15) is 11.6 Å². The first-order valence-electron chi connectivity index (χ1n) is 11.6. The second kappa shape index (κ2) is 11.0. The van der Waals surface area contributed by atoms with Gasteiger partial charge in [-0.3, -0.25) is 4.79 Å². The monoisotopic (exact) mass is 474 g/mol. The van der Waals surface area contributed by atoms with E-state index in [1.54, 1.807) is 12.1 Å². The molecule has 4 aromatic rings. The van der Waals surface area contributed by atoms with Crippen molar-refractivity contribution in [3.05, 3.63) is 83.4 Å². The Bertz CT molecular complexity index is 1340. The molecule has 2 aromatic heterocycles. The molecule has 2 aromatic carbocycles. The van der Waals surface area contributed by atoms with E-state index < -0.39 is 0 Å². The molecular formula is C28H27FN2O4. The Morgan fingerprint density at radius 2 is 1.86 bits per heavy atom. The van der Waals surface area contributed by atoms with Crippen LogP contribution in [0, 0.1) is 5.82 Å². The van der Waals surface area contributed by atoms with Crippen molar-refractivity contribution in [3.63, 3.8) is 0 Å². The van der Waals surface area contributed by atoms with E-state index in [2.05, 4.69) is 16.9 Å². The van der Waals surface area contributed by atoms with E-state index in [1.165, 1.54) is 31.5 Å². The highest BCUT2D eigenvalue weighted by molar-refractivity contribution is 5.99. The predicted molar refractivity (Wildman–Crippen MR) is 132 cm³/mol. The van der Waals surface area contributed by atoms with Crippen LogP contribution in [0.15, 0.2) is 60.8 Å². The van der Waals surface area contributed by atoms with Gasteiger partial charge in [0, 0.05) is 30.1 Å². The molecule has 0 bridgehead atoms. The molecule has 0 radical (unpaired) electrons. The van der Waals surface area contributed by atoms with Crippen LogP contribution in [-0.4, -0.2) is 28.0 Å². The summed E-state index contributed by atoms with van der Waals surface area (Å²) in [7, 11) is 1.42. The Kier molecular flexibility index (Phi) is 7.55. The third kappa shape index (κ3) is 5.74. The normalized spacial score (nSPS) is 10.9. The first kappa shape index (κ1) is 24.1. The number of aryl methyl sites for hydroxylation is 1. The Labute approximate surface area is 203 Å². The van der Waals surface area contributed by atoms with Crippen LogP contribution in [0.25, 0.3) is 10.9 Å². The lowest BCUT2D eigenvalue weighted by molar-refractivity contribution is 0.0984. The number of pyridine rings is 2. The fourth-order valence-corrected chi connectivity index (χ4v) is 3.95. The van der Waals surface area contributed by atoms with E-state index >= 15 is 0 Å². The lowest BCUT2D eigenvalue weighted by Crippen LogP contribution is -2.07. The van der Waals surface area contributed by atoms with Gasteiger partial charge in [-0.25, -0.2) is 14.4 Å². The zero-order valence-electron chi connectivity index (χ0n) is 19.8. The lowest BCUT2D eigenvalue weighted by atomic mass is 9.98. The highest BCUT2D eigenvalue weighted by atomic mass is 19.1. The van der Waals surface area contributed by atoms with Crippen molar-refractivity contribution < 1.29 is 23.8 Å². The van der Waals surface area contributed by atoms with E-state index in [4.69, 9.17) is 9.47 Å². The summed E-state index contributed by atoms with van der Waals surface area (Å²) < 4.78 is 24.2. The maximum absolute atomic E-state index is 13.2. The first-order valence-corrected chi connectivity index (χ1v) is 11.6. The standard InChI is InChI=1S/C28H27FN2O4/c1-3-4-5-6-19-17-26(35-21-10-8-20(29)9-11-21)31-23-12-7-18(15-22(19)23)16-24(32)27-28(33)25(34-2)13-14-30-27/h7-15,17,33H,3-6,16H2,1-2H3. The fraction of sp³-hybridized carbons (Fsp3) is 0.250. The Hall–Kier alpha value is -4.00. The summed E-state index contributed by atoms with van der Waals surface area (Å²) in [6.07, 6.45) is 5.55. The van der Waals surface area contributed by atoms with Gasteiger partial charge in [-0.2, -0.15) is 0 Å². The number of carbonyl (C=O) groups is 1. The summed E-state index contributed by atoms with van der Waals surface area (Å²) in [5, 5.41) is 11.2. The number of hydrogen-bond donors (Lipinski definition) is 1. The number of Topliss-reactive ketones (excluding diaryl/α,β-unsaturated/α-hetero) is 1. The number of halogens is 1. The molecule has 6 nitrogen and oxygen atoms in total. The molecule has 0 saturated heterocycles. The van der Waals surface area contributed by atoms with Crippen LogP contribution in [0.2, 0.25) is 0 Å². The SMILES string of the molecule is CCCCCc1cc(Oc2ccc(F)cc2)nc2ccc(CC(=O)c3nccc(OC)c3O)cc12. The molecule has 0 aliphatic rings. The largest absolute Gasteiger partial charge is 0.503 e. The lowest BCUT2D eigenvalue weighted by Gasteiger charge is -2.12. The second-order valence-corrected chi connectivity index (χ2v) is 8.29. The van der Waals surface area contributed by atoms with Crippen LogP contribution in [0.4, 0.5) is 4.39 Å². The second-order valence-electron chi connectivity index (χ2n) is 8.29. The van der Waals surface area contributed by atoms with E-state index in [0.717, 1.165) is 47.7 Å². The predicted octanol–water partition coefficient (Wildman–Crippen LogP) is 6.43. The maximum atomic E-state index is 13.2. The summed E-state index contributed by atoms with van der Waals surface area (Å²) in [6, 6.07) is 14.9. The number of hydrogen-bond acceptors (Lipinski definition) is 6. The molecule has 0 fully saturated rings. The van der Waals surface area contributed by atoms with Crippen LogP contribution >= 0.6 is 0 Å². The van der Waals surface area contributed by atoms with Crippen LogP contribution in [0.3, 0.4) is 0 Å². The average Bonchev–Trinajstić information content (AvgIpc) is 2.86. The van der Waals surface area contributed by atoms with Crippen LogP contribution in [0.1, 0.15) is 47.8 Å². The van der Waals surface area contributed by atoms with Gasteiger partial charge in [0.2, 0.25) is 5.88 Å². The molecule has 0 saturated carbocycles.